The molecule has 2 heteroatoms. The van der Waals surface area contributed by atoms with E-state index in [0.29, 0.717) is 5.56 Å². The molecule has 0 radical (unpaired) electrons. The summed E-state index contributed by atoms with van der Waals surface area (Å²) in [4.78, 5) is 0. The molecule has 1 aliphatic rings. The molecule has 1 aromatic carbocycles. The van der Waals surface area contributed by atoms with Crippen LogP contribution < -0.4 is 4.74 Å². The molecule has 2 nitrogen and oxygen atoms in total. The van der Waals surface area contributed by atoms with Crippen molar-refractivity contribution < 1.29 is 4.74 Å². The molecule has 15 heavy (non-hydrogen) atoms. The zero-order chi connectivity index (χ0) is 10.7. The highest BCUT2D eigenvalue weighted by atomic mass is 16.5. The molecule has 0 aliphatic heterocycles. The zero-order valence-electron chi connectivity index (χ0n) is 8.99. The van der Waals surface area contributed by atoms with E-state index in [1.165, 1.54) is 19.3 Å². The van der Waals surface area contributed by atoms with Crippen molar-refractivity contribution in [2.75, 3.05) is 6.61 Å². The number of rotatable bonds is 3. The van der Waals surface area contributed by atoms with E-state index in [9.17, 15) is 0 Å². The molecule has 0 bridgehead atoms. The van der Waals surface area contributed by atoms with Crippen LogP contribution in [0.1, 0.15) is 30.4 Å². The Labute approximate surface area is 90.5 Å². The third kappa shape index (κ3) is 2.30. The van der Waals surface area contributed by atoms with E-state index in [-0.39, 0.29) is 0 Å². The van der Waals surface area contributed by atoms with Gasteiger partial charge in [0, 0.05) is 0 Å². The van der Waals surface area contributed by atoms with Crippen LogP contribution in [0.5, 0.6) is 5.75 Å². The van der Waals surface area contributed by atoms with Crippen molar-refractivity contribution in [3.63, 3.8) is 0 Å². The SMILES string of the molecule is Cc1ccc(C#N)cc1OCC1CCC1. The van der Waals surface area contributed by atoms with E-state index in [0.717, 1.165) is 23.8 Å². The molecule has 0 N–H and O–H groups in total. The molecule has 0 unspecified atom stereocenters. The second kappa shape index (κ2) is 4.35. The molecular formula is C13H15NO. The lowest BCUT2D eigenvalue weighted by Crippen LogP contribution is -2.19. The molecule has 0 amide bonds. The average Bonchev–Trinajstić information content (AvgIpc) is 2.18. The van der Waals surface area contributed by atoms with Crippen LogP contribution in [0.3, 0.4) is 0 Å². The van der Waals surface area contributed by atoms with Crippen LogP contribution in [-0.4, -0.2) is 6.61 Å². The third-order valence-electron chi connectivity index (χ3n) is 3.02. The molecule has 1 aromatic rings. The molecular weight excluding hydrogens is 186 g/mol. The van der Waals surface area contributed by atoms with Gasteiger partial charge in [0.2, 0.25) is 0 Å². The van der Waals surface area contributed by atoms with Crippen LogP contribution in [0, 0.1) is 24.2 Å². The molecule has 78 valence electrons. The van der Waals surface area contributed by atoms with Crippen LogP contribution in [0.15, 0.2) is 18.2 Å². The highest BCUT2D eigenvalue weighted by Crippen LogP contribution is 2.28. The number of aryl methyl sites for hydroxylation is 1. The minimum Gasteiger partial charge on any atom is -0.493 e. The summed E-state index contributed by atoms with van der Waals surface area (Å²) in [5, 5.41) is 8.78. The predicted molar refractivity (Wildman–Crippen MR) is 58.7 cm³/mol. The molecule has 0 spiro atoms. The maximum atomic E-state index is 8.78. The van der Waals surface area contributed by atoms with Gasteiger partial charge in [0.25, 0.3) is 0 Å². The van der Waals surface area contributed by atoms with Gasteiger partial charge >= 0.3 is 0 Å². The van der Waals surface area contributed by atoms with Gasteiger partial charge in [-0.3, -0.25) is 0 Å². The number of nitriles is 1. The number of benzene rings is 1. The number of hydrogen-bond acceptors (Lipinski definition) is 2. The molecule has 0 saturated heterocycles. The minimum absolute atomic E-state index is 0.671. The minimum atomic E-state index is 0.671. The summed E-state index contributed by atoms with van der Waals surface area (Å²) in [5.74, 6) is 1.59. The highest BCUT2D eigenvalue weighted by molar-refractivity contribution is 5.41. The van der Waals surface area contributed by atoms with E-state index >= 15 is 0 Å². The Morgan fingerprint density at radius 1 is 1.47 bits per heavy atom. The lowest BCUT2D eigenvalue weighted by molar-refractivity contribution is 0.180. The lowest BCUT2D eigenvalue weighted by atomic mass is 9.86. The summed E-state index contributed by atoms with van der Waals surface area (Å²) < 4.78 is 5.73. The zero-order valence-corrected chi connectivity index (χ0v) is 8.99. The summed E-state index contributed by atoms with van der Waals surface area (Å²) >= 11 is 0. The van der Waals surface area contributed by atoms with E-state index in [2.05, 4.69) is 6.07 Å². The Kier molecular flexibility index (Phi) is 2.91. The molecule has 1 saturated carbocycles. The Hall–Kier alpha value is -1.49. The topological polar surface area (TPSA) is 33.0 Å². The van der Waals surface area contributed by atoms with Gasteiger partial charge in [0.1, 0.15) is 5.75 Å². The quantitative estimate of drug-likeness (QED) is 0.753. The van der Waals surface area contributed by atoms with E-state index in [1.807, 2.05) is 25.1 Å². The van der Waals surface area contributed by atoms with Crippen LogP contribution in [-0.2, 0) is 0 Å². The molecule has 1 aliphatic carbocycles. The van der Waals surface area contributed by atoms with Crippen molar-refractivity contribution >= 4 is 0 Å². The second-order valence-corrected chi connectivity index (χ2v) is 4.20. The second-order valence-electron chi connectivity index (χ2n) is 4.20. The average molecular weight is 201 g/mol. The Morgan fingerprint density at radius 2 is 2.27 bits per heavy atom. The molecule has 2 rings (SSSR count). The van der Waals surface area contributed by atoms with E-state index in [4.69, 9.17) is 10.00 Å². The maximum absolute atomic E-state index is 8.78. The Morgan fingerprint density at radius 3 is 2.87 bits per heavy atom. The Bertz CT molecular complexity index is 388. The predicted octanol–water partition coefficient (Wildman–Crippen LogP) is 3.05. The fourth-order valence-corrected chi connectivity index (χ4v) is 1.69. The largest absolute Gasteiger partial charge is 0.493 e. The van der Waals surface area contributed by atoms with Gasteiger partial charge in [-0.25, -0.2) is 0 Å². The highest BCUT2D eigenvalue weighted by Gasteiger charge is 2.18. The van der Waals surface area contributed by atoms with Crippen LogP contribution in [0.2, 0.25) is 0 Å². The van der Waals surface area contributed by atoms with Crippen LogP contribution in [0.4, 0.5) is 0 Å². The first kappa shape index (κ1) is 10.0. The van der Waals surface area contributed by atoms with Crippen molar-refractivity contribution in [1.82, 2.24) is 0 Å². The Balaban J connectivity index is 2.02. The number of nitrogens with zero attached hydrogens (tertiary/aromatic N) is 1. The van der Waals surface area contributed by atoms with Gasteiger partial charge in [0.05, 0.1) is 18.2 Å². The van der Waals surface area contributed by atoms with Crippen molar-refractivity contribution in [3.8, 4) is 11.8 Å². The van der Waals surface area contributed by atoms with Crippen LogP contribution >= 0.6 is 0 Å². The summed E-state index contributed by atoms with van der Waals surface area (Å²) in [5.41, 5.74) is 1.78. The first-order valence-corrected chi connectivity index (χ1v) is 5.43. The van der Waals surface area contributed by atoms with E-state index < -0.39 is 0 Å². The molecule has 0 heterocycles. The van der Waals surface area contributed by atoms with Gasteiger partial charge in [-0.15, -0.1) is 0 Å². The summed E-state index contributed by atoms with van der Waals surface area (Å²) in [6.07, 6.45) is 3.92. The first-order valence-electron chi connectivity index (χ1n) is 5.43. The van der Waals surface area contributed by atoms with Gasteiger partial charge in [-0.2, -0.15) is 5.26 Å². The number of ether oxygens (including phenoxy) is 1. The summed E-state index contributed by atoms with van der Waals surface area (Å²) in [6.45, 7) is 2.81. The summed E-state index contributed by atoms with van der Waals surface area (Å²) in [7, 11) is 0. The van der Waals surface area contributed by atoms with Gasteiger partial charge in [-0.1, -0.05) is 12.5 Å². The standard InChI is InChI=1S/C13H15NO/c1-10-5-6-12(8-14)7-13(10)15-9-11-3-2-4-11/h5-7,11H,2-4,9H2,1H3. The number of hydrogen-bond donors (Lipinski definition) is 0. The van der Waals surface area contributed by atoms with Gasteiger partial charge in [0.15, 0.2) is 0 Å². The van der Waals surface area contributed by atoms with E-state index in [1.54, 1.807) is 0 Å². The maximum Gasteiger partial charge on any atom is 0.123 e. The first-order chi connectivity index (χ1) is 7.29. The fraction of sp³-hybridized carbons (Fsp3) is 0.462. The monoisotopic (exact) mass is 201 g/mol. The van der Waals surface area contributed by atoms with Crippen molar-refractivity contribution in [1.29, 1.82) is 5.26 Å². The molecule has 0 aromatic heterocycles. The van der Waals surface area contributed by atoms with Crippen LogP contribution in [0.25, 0.3) is 0 Å². The van der Waals surface area contributed by atoms with Gasteiger partial charge < -0.3 is 4.74 Å². The van der Waals surface area contributed by atoms with Crippen molar-refractivity contribution in [2.24, 2.45) is 5.92 Å². The van der Waals surface area contributed by atoms with Gasteiger partial charge in [-0.05, 0) is 43.4 Å². The van der Waals surface area contributed by atoms with Crippen molar-refractivity contribution in [2.45, 2.75) is 26.2 Å². The van der Waals surface area contributed by atoms with Crippen molar-refractivity contribution in [3.05, 3.63) is 29.3 Å². The summed E-state index contributed by atoms with van der Waals surface area (Å²) in [6, 6.07) is 7.72. The molecule has 0 atom stereocenters. The fourth-order valence-electron chi connectivity index (χ4n) is 1.69. The molecule has 1 fully saturated rings. The lowest BCUT2D eigenvalue weighted by Gasteiger charge is -2.25. The normalized spacial score (nSPS) is 15.5. The third-order valence-corrected chi connectivity index (χ3v) is 3.02. The smallest absolute Gasteiger partial charge is 0.123 e.